The van der Waals surface area contributed by atoms with Crippen molar-refractivity contribution in [3.8, 4) is 11.8 Å². The second-order valence-electron chi connectivity index (χ2n) is 3.64. The standard InChI is InChI=1S/C12H10F3N3S/c13-12(14,15)19-11-8(3-1-5-16)7-10-9(17)4-2-6-18(10)11/h2,4,6-7H,5,16-17H2. The molecule has 0 radical (unpaired) electrons. The van der Waals surface area contributed by atoms with Gasteiger partial charge in [0.25, 0.3) is 0 Å². The van der Waals surface area contributed by atoms with Gasteiger partial charge in [0.15, 0.2) is 0 Å². The van der Waals surface area contributed by atoms with E-state index in [9.17, 15) is 13.2 Å². The summed E-state index contributed by atoms with van der Waals surface area (Å²) in [6.45, 7) is 0.0811. The summed E-state index contributed by atoms with van der Waals surface area (Å²) >= 11 is -0.213. The highest BCUT2D eigenvalue weighted by molar-refractivity contribution is 8.00. The van der Waals surface area contributed by atoms with Gasteiger partial charge in [-0.2, -0.15) is 13.2 Å². The number of pyridine rings is 1. The summed E-state index contributed by atoms with van der Waals surface area (Å²) in [4.78, 5) is 0. The van der Waals surface area contributed by atoms with Gasteiger partial charge in [-0.05, 0) is 18.2 Å². The molecule has 0 spiro atoms. The second kappa shape index (κ2) is 5.07. The van der Waals surface area contributed by atoms with Crippen LogP contribution in [0.15, 0.2) is 29.4 Å². The Morgan fingerprint density at radius 1 is 1.37 bits per heavy atom. The lowest BCUT2D eigenvalue weighted by Gasteiger charge is -2.07. The summed E-state index contributed by atoms with van der Waals surface area (Å²) in [7, 11) is 0. The number of fused-ring (bicyclic) bond motifs is 1. The van der Waals surface area contributed by atoms with Crippen molar-refractivity contribution < 1.29 is 13.2 Å². The molecule has 0 saturated carbocycles. The minimum atomic E-state index is -4.39. The summed E-state index contributed by atoms with van der Waals surface area (Å²) in [5, 5.41) is -0.00394. The van der Waals surface area contributed by atoms with E-state index in [0.717, 1.165) is 0 Å². The van der Waals surface area contributed by atoms with Crippen molar-refractivity contribution in [1.82, 2.24) is 4.40 Å². The molecule has 2 rings (SSSR count). The van der Waals surface area contributed by atoms with Crippen molar-refractivity contribution in [2.45, 2.75) is 10.5 Å². The first kappa shape index (κ1) is 13.6. The number of thioether (sulfide) groups is 1. The van der Waals surface area contributed by atoms with Crippen LogP contribution in [0.2, 0.25) is 0 Å². The molecule has 2 heterocycles. The fraction of sp³-hybridized carbons (Fsp3) is 0.167. The first-order valence-corrected chi connectivity index (χ1v) is 6.08. The highest BCUT2D eigenvalue weighted by atomic mass is 32.2. The molecule has 0 amide bonds. The lowest BCUT2D eigenvalue weighted by atomic mass is 10.3. The van der Waals surface area contributed by atoms with Gasteiger partial charge >= 0.3 is 5.51 Å². The number of aromatic nitrogens is 1. The fourth-order valence-corrected chi connectivity index (χ4v) is 2.34. The SMILES string of the molecule is NCC#Cc1cc2c(N)cccn2c1SC(F)(F)F. The van der Waals surface area contributed by atoms with E-state index in [0.29, 0.717) is 11.2 Å². The Hall–Kier alpha value is -1.78. The van der Waals surface area contributed by atoms with Gasteiger partial charge in [0.2, 0.25) is 0 Å². The molecule has 19 heavy (non-hydrogen) atoms. The Labute approximate surface area is 111 Å². The largest absolute Gasteiger partial charge is 0.447 e. The number of anilines is 1. The first-order chi connectivity index (χ1) is 8.92. The zero-order valence-corrected chi connectivity index (χ0v) is 10.5. The Balaban J connectivity index is 2.65. The molecule has 0 aliphatic rings. The van der Waals surface area contributed by atoms with E-state index >= 15 is 0 Å². The molecular weight excluding hydrogens is 275 g/mol. The van der Waals surface area contributed by atoms with E-state index in [-0.39, 0.29) is 28.9 Å². The molecule has 3 nitrogen and oxygen atoms in total. The molecule has 2 aromatic heterocycles. The van der Waals surface area contributed by atoms with Crippen LogP contribution in [0, 0.1) is 11.8 Å². The minimum absolute atomic E-state index is 0.00394. The van der Waals surface area contributed by atoms with Gasteiger partial charge in [-0.3, -0.25) is 0 Å². The zero-order valence-electron chi connectivity index (χ0n) is 9.66. The molecule has 0 unspecified atom stereocenters. The van der Waals surface area contributed by atoms with Crippen molar-refractivity contribution in [1.29, 1.82) is 0 Å². The summed E-state index contributed by atoms with van der Waals surface area (Å²) < 4.78 is 39.2. The maximum atomic E-state index is 12.6. The first-order valence-electron chi connectivity index (χ1n) is 5.26. The van der Waals surface area contributed by atoms with Gasteiger partial charge in [0.05, 0.1) is 23.3 Å². The Kier molecular flexibility index (Phi) is 3.64. The molecule has 7 heteroatoms. The molecule has 2 aromatic rings. The van der Waals surface area contributed by atoms with Crippen molar-refractivity contribution >= 4 is 23.0 Å². The van der Waals surface area contributed by atoms with Crippen LogP contribution in [-0.4, -0.2) is 16.5 Å². The summed E-state index contributed by atoms with van der Waals surface area (Å²) in [6, 6.07) is 4.74. The zero-order chi connectivity index (χ0) is 14.0. The van der Waals surface area contributed by atoms with E-state index in [1.165, 1.54) is 16.7 Å². The van der Waals surface area contributed by atoms with Crippen LogP contribution in [0.25, 0.3) is 5.52 Å². The van der Waals surface area contributed by atoms with Gasteiger partial charge < -0.3 is 15.9 Å². The maximum Gasteiger partial charge on any atom is 0.447 e. The number of nitrogens with two attached hydrogens (primary N) is 2. The molecule has 0 saturated heterocycles. The smallest absolute Gasteiger partial charge is 0.397 e. The molecule has 0 aliphatic carbocycles. The lowest BCUT2D eigenvalue weighted by molar-refractivity contribution is -0.0329. The molecule has 100 valence electrons. The predicted octanol–water partition coefficient (Wildman–Crippen LogP) is 2.44. The number of hydrogen-bond acceptors (Lipinski definition) is 3. The summed E-state index contributed by atoms with van der Waals surface area (Å²) in [5.74, 6) is 5.19. The van der Waals surface area contributed by atoms with Crippen LogP contribution in [-0.2, 0) is 0 Å². The topological polar surface area (TPSA) is 56.5 Å². The molecule has 0 aromatic carbocycles. The average molecular weight is 285 g/mol. The van der Waals surface area contributed by atoms with Crippen molar-refractivity contribution in [3.05, 3.63) is 30.0 Å². The Bertz CT molecular complexity index is 664. The third-order valence-electron chi connectivity index (χ3n) is 2.33. The van der Waals surface area contributed by atoms with Crippen LogP contribution >= 0.6 is 11.8 Å². The van der Waals surface area contributed by atoms with Gasteiger partial charge in [0.1, 0.15) is 5.03 Å². The van der Waals surface area contributed by atoms with Crippen molar-refractivity contribution in [2.24, 2.45) is 5.73 Å². The summed E-state index contributed by atoms with van der Waals surface area (Å²) in [6.07, 6.45) is 1.52. The van der Waals surface area contributed by atoms with Crippen LogP contribution < -0.4 is 11.5 Å². The number of halogens is 3. The normalized spacial score (nSPS) is 11.4. The monoisotopic (exact) mass is 285 g/mol. The quantitative estimate of drug-likeness (QED) is 0.625. The molecular formula is C12H10F3N3S. The molecule has 0 bridgehead atoms. The van der Waals surface area contributed by atoms with Crippen LogP contribution in [0.4, 0.5) is 18.9 Å². The average Bonchev–Trinajstić information content (AvgIpc) is 2.65. The van der Waals surface area contributed by atoms with E-state index in [1.807, 2.05) is 0 Å². The van der Waals surface area contributed by atoms with Crippen molar-refractivity contribution in [3.63, 3.8) is 0 Å². The van der Waals surface area contributed by atoms with Crippen LogP contribution in [0.3, 0.4) is 0 Å². The van der Waals surface area contributed by atoms with Gasteiger partial charge in [-0.1, -0.05) is 11.8 Å². The Morgan fingerprint density at radius 2 is 2.11 bits per heavy atom. The second-order valence-corrected chi connectivity index (χ2v) is 4.69. The maximum absolute atomic E-state index is 12.6. The predicted molar refractivity (Wildman–Crippen MR) is 69.7 cm³/mol. The van der Waals surface area contributed by atoms with E-state index in [4.69, 9.17) is 11.5 Å². The van der Waals surface area contributed by atoms with Crippen molar-refractivity contribution in [2.75, 3.05) is 12.3 Å². The molecule has 4 N–H and O–H groups in total. The molecule has 0 fully saturated rings. The highest BCUT2D eigenvalue weighted by Crippen LogP contribution is 2.40. The summed E-state index contributed by atoms with van der Waals surface area (Å²) in [5.41, 5.74) is 7.76. The number of alkyl halides is 3. The number of rotatable bonds is 1. The van der Waals surface area contributed by atoms with Gasteiger partial charge in [0, 0.05) is 18.0 Å². The number of hydrogen-bond donors (Lipinski definition) is 2. The number of nitrogens with zero attached hydrogens (tertiary/aromatic N) is 1. The van der Waals surface area contributed by atoms with E-state index in [2.05, 4.69) is 11.8 Å². The van der Waals surface area contributed by atoms with E-state index < -0.39 is 5.51 Å². The van der Waals surface area contributed by atoms with E-state index in [1.54, 1.807) is 12.1 Å². The highest BCUT2D eigenvalue weighted by Gasteiger charge is 2.32. The minimum Gasteiger partial charge on any atom is -0.397 e. The lowest BCUT2D eigenvalue weighted by Crippen LogP contribution is -2.02. The molecule has 0 atom stereocenters. The van der Waals surface area contributed by atoms with Crippen LogP contribution in [0.5, 0.6) is 0 Å². The Morgan fingerprint density at radius 3 is 2.74 bits per heavy atom. The number of nitrogen functional groups attached to an aromatic ring is 1. The van der Waals surface area contributed by atoms with Gasteiger partial charge in [-0.25, -0.2) is 0 Å². The van der Waals surface area contributed by atoms with Crippen LogP contribution in [0.1, 0.15) is 5.56 Å². The third-order valence-corrected chi connectivity index (χ3v) is 3.18. The van der Waals surface area contributed by atoms with Gasteiger partial charge in [-0.15, -0.1) is 0 Å². The fourth-order valence-electron chi connectivity index (χ4n) is 1.65. The molecule has 0 aliphatic heterocycles. The third kappa shape index (κ3) is 2.97.